The first-order chi connectivity index (χ1) is 16.9. The van der Waals surface area contributed by atoms with E-state index in [0.29, 0.717) is 17.0 Å². The van der Waals surface area contributed by atoms with Crippen molar-refractivity contribution >= 4 is 44.8 Å². The van der Waals surface area contributed by atoms with Crippen molar-refractivity contribution in [3.05, 3.63) is 69.2 Å². The van der Waals surface area contributed by atoms with Gasteiger partial charge in [-0.2, -0.15) is 0 Å². The zero-order chi connectivity index (χ0) is 27.0. The maximum absolute atomic E-state index is 13.6. The number of amides is 2. The van der Waals surface area contributed by atoms with E-state index in [1.165, 1.54) is 23.1 Å². The molecule has 0 aliphatic rings. The number of hydrogen-bond acceptors (Lipinski definition) is 6. The van der Waals surface area contributed by atoms with Crippen LogP contribution in [0.3, 0.4) is 0 Å². The summed E-state index contributed by atoms with van der Waals surface area (Å²) in [7, 11) is -4.00. The van der Waals surface area contributed by atoms with E-state index in [9.17, 15) is 28.1 Å². The molecule has 0 saturated carbocycles. The maximum Gasteiger partial charge on any atom is 0.271 e. The monoisotopic (exact) mass is 538 g/mol. The molecule has 2 amide bonds. The van der Waals surface area contributed by atoms with E-state index in [4.69, 9.17) is 11.6 Å². The molecule has 0 bridgehead atoms. The van der Waals surface area contributed by atoms with Gasteiger partial charge >= 0.3 is 0 Å². The number of nitrogens with zero attached hydrogens (tertiary/aromatic N) is 3. The van der Waals surface area contributed by atoms with Crippen molar-refractivity contribution < 1.29 is 22.9 Å². The van der Waals surface area contributed by atoms with Gasteiger partial charge < -0.3 is 10.2 Å². The molecule has 0 radical (unpaired) electrons. The highest BCUT2D eigenvalue weighted by Gasteiger charge is 2.32. The lowest BCUT2D eigenvalue weighted by atomic mass is 10.1. The Morgan fingerprint density at radius 1 is 1.11 bits per heavy atom. The predicted octanol–water partition coefficient (Wildman–Crippen LogP) is 3.74. The van der Waals surface area contributed by atoms with Gasteiger partial charge in [-0.3, -0.25) is 24.0 Å². The summed E-state index contributed by atoms with van der Waals surface area (Å²) in [5.74, 6) is -0.983. The number of nitro groups is 1. The van der Waals surface area contributed by atoms with Crippen LogP contribution in [0.5, 0.6) is 0 Å². The van der Waals surface area contributed by atoms with Crippen molar-refractivity contribution in [3.8, 4) is 0 Å². The fraction of sp³-hybridized carbons (Fsp3) is 0.417. The van der Waals surface area contributed by atoms with Gasteiger partial charge in [-0.15, -0.1) is 0 Å². The predicted molar refractivity (Wildman–Crippen MR) is 139 cm³/mol. The van der Waals surface area contributed by atoms with E-state index in [2.05, 4.69) is 5.32 Å². The van der Waals surface area contributed by atoms with E-state index in [1.807, 2.05) is 13.8 Å². The number of rotatable bonds is 12. The van der Waals surface area contributed by atoms with Gasteiger partial charge in [0.15, 0.2) is 0 Å². The summed E-state index contributed by atoms with van der Waals surface area (Å²) in [5, 5.41) is 14.6. The summed E-state index contributed by atoms with van der Waals surface area (Å²) in [6.45, 7) is 4.93. The molecular weight excluding hydrogens is 508 g/mol. The first-order valence-corrected chi connectivity index (χ1v) is 13.7. The highest BCUT2D eigenvalue weighted by atomic mass is 35.5. The Balaban J connectivity index is 2.47. The molecule has 2 rings (SSSR count). The molecule has 0 aliphatic carbocycles. The molecule has 10 nitrogen and oxygen atoms in total. The van der Waals surface area contributed by atoms with Gasteiger partial charge in [0.05, 0.1) is 16.9 Å². The molecule has 2 aromatic rings. The number of sulfonamides is 1. The largest absolute Gasteiger partial charge is 0.352 e. The number of hydrogen-bond donors (Lipinski definition) is 1. The average molecular weight is 539 g/mol. The van der Waals surface area contributed by atoms with Crippen molar-refractivity contribution in [2.45, 2.75) is 52.2 Å². The maximum atomic E-state index is 13.6. The molecule has 2 aromatic carbocycles. The van der Waals surface area contributed by atoms with Gasteiger partial charge in [0.25, 0.3) is 5.69 Å². The van der Waals surface area contributed by atoms with Gasteiger partial charge in [-0.1, -0.05) is 43.6 Å². The highest BCUT2D eigenvalue weighted by Crippen LogP contribution is 2.24. The van der Waals surface area contributed by atoms with Crippen molar-refractivity contribution in [1.82, 2.24) is 10.2 Å². The van der Waals surface area contributed by atoms with Gasteiger partial charge in [0.1, 0.15) is 12.6 Å². The minimum absolute atomic E-state index is 0.0244. The summed E-state index contributed by atoms with van der Waals surface area (Å²) in [6, 6.07) is 10.8. The Bertz CT molecular complexity index is 1190. The number of nitrogens with one attached hydrogen (secondary N) is 1. The summed E-state index contributed by atoms with van der Waals surface area (Å²) in [6.07, 6.45) is 1.90. The van der Waals surface area contributed by atoms with Crippen molar-refractivity contribution in [2.24, 2.45) is 0 Å². The molecule has 0 spiro atoms. The number of non-ortho nitro benzene ring substituents is 1. The lowest BCUT2D eigenvalue weighted by Gasteiger charge is -2.33. The number of halogens is 1. The minimum Gasteiger partial charge on any atom is -0.352 e. The Morgan fingerprint density at radius 3 is 2.28 bits per heavy atom. The van der Waals surface area contributed by atoms with E-state index < -0.39 is 33.4 Å². The Kier molecular flexibility index (Phi) is 10.2. The zero-order valence-corrected chi connectivity index (χ0v) is 22.3. The lowest BCUT2D eigenvalue weighted by molar-refractivity contribution is -0.384. The van der Waals surface area contributed by atoms with Crippen LogP contribution in [0.2, 0.25) is 5.02 Å². The molecule has 196 valence electrons. The lowest BCUT2D eigenvalue weighted by Crippen LogP contribution is -2.53. The second-order valence-electron chi connectivity index (χ2n) is 8.44. The minimum atomic E-state index is -4.00. The molecule has 0 unspecified atom stereocenters. The summed E-state index contributed by atoms with van der Waals surface area (Å²) in [5.41, 5.74) is 0.360. The Hall–Kier alpha value is -3.18. The smallest absolute Gasteiger partial charge is 0.271 e. The van der Waals surface area contributed by atoms with Crippen LogP contribution in [-0.2, 0) is 26.2 Å². The van der Waals surface area contributed by atoms with Crippen molar-refractivity contribution in [3.63, 3.8) is 0 Å². The molecular formula is C24H31ClN4O6S. The fourth-order valence-electron chi connectivity index (χ4n) is 3.52. The number of carbonyl (C=O) groups is 2. The van der Waals surface area contributed by atoms with Gasteiger partial charge in [0.2, 0.25) is 21.8 Å². The molecule has 12 heteroatoms. The quantitative estimate of drug-likeness (QED) is 0.323. The molecule has 0 heterocycles. The molecule has 2 atom stereocenters. The van der Waals surface area contributed by atoms with Crippen LogP contribution >= 0.6 is 11.6 Å². The van der Waals surface area contributed by atoms with E-state index >= 15 is 0 Å². The molecule has 0 fully saturated rings. The van der Waals surface area contributed by atoms with Crippen LogP contribution in [0, 0.1) is 10.1 Å². The van der Waals surface area contributed by atoms with Crippen LogP contribution in [-0.4, -0.2) is 54.9 Å². The van der Waals surface area contributed by atoms with Crippen LogP contribution in [0.1, 0.15) is 39.2 Å². The van der Waals surface area contributed by atoms with Gasteiger partial charge in [-0.25, -0.2) is 8.42 Å². The first-order valence-electron chi connectivity index (χ1n) is 11.4. The number of anilines is 1. The van der Waals surface area contributed by atoms with Crippen molar-refractivity contribution in [2.75, 3.05) is 17.1 Å². The van der Waals surface area contributed by atoms with Crippen LogP contribution in [0.4, 0.5) is 11.4 Å². The van der Waals surface area contributed by atoms with E-state index in [-0.39, 0.29) is 36.3 Å². The van der Waals surface area contributed by atoms with Crippen molar-refractivity contribution in [1.29, 1.82) is 0 Å². The Labute approximate surface area is 216 Å². The second kappa shape index (κ2) is 12.7. The summed E-state index contributed by atoms with van der Waals surface area (Å²) in [4.78, 5) is 38.6. The topological polar surface area (TPSA) is 130 Å². The molecule has 0 aliphatic heterocycles. The molecule has 1 N–H and O–H groups in total. The first kappa shape index (κ1) is 29.1. The van der Waals surface area contributed by atoms with E-state index in [1.54, 1.807) is 31.2 Å². The Morgan fingerprint density at radius 2 is 1.75 bits per heavy atom. The second-order valence-corrected chi connectivity index (χ2v) is 10.8. The summed E-state index contributed by atoms with van der Waals surface area (Å²) >= 11 is 5.98. The highest BCUT2D eigenvalue weighted by molar-refractivity contribution is 7.92. The number of nitro benzene ring substituents is 1. The summed E-state index contributed by atoms with van der Waals surface area (Å²) < 4.78 is 26.0. The number of carbonyl (C=O) groups excluding carboxylic acids is 2. The third-order valence-corrected chi connectivity index (χ3v) is 7.05. The third-order valence-electron chi connectivity index (χ3n) is 5.66. The molecule has 0 aromatic heterocycles. The molecule has 36 heavy (non-hydrogen) atoms. The van der Waals surface area contributed by atoms with Gasteiger partial charge in [-0.05, 0) is 43.5 Å². The van der Waals surface area contributed by atoms with Crippen LogP contribution in [0.25, 0.3) is 0 Å². The van der Waals surface area contributed by atoms with E-state index in [0.717, 1.165) is 16.6 Å². The van der Waals surface area contributed by atoms with Crippen LogP contribution in [0.15, 0.2) is 48.5 Å². The molecule has 0 saturated heterocycles. The third kappa shape index (κ3) is 7.92. The fourth-order valence-corrected chi connectivity index (χ4v) is 4.49. The zero-order valence-electron chi connectivity index (χ0n) is 20.7. The standard InChI is InChI=1S/C24H31ClN4O6S/c1-5-17(3)26-24(31)22(6-2)27(15-18-10-12-19(25)13-11-18)23(30)16-28(36(4,34)35)20-8-7-9-21(14-20)29(32)33/h7-14,17,22H,5-6,15-16H2,1-4H3,(H,26,31)/t17-,22+/m0/s1. The van der Waals surface area contributed by atoms with Crippen LogP contribution < -0.4 is 9.62 Å². The SMILES string of the molecule is CC[C@H](C(=O)N[C@@H](C)CC)N(Cc1ccc(Cl)cc1)C(=O)CN(c1cccc([N+](=O)[O-])c1)S(C)(=O)=O. The number of benzene rings is 2. The average Bonchev–Trinajstić information content (AvgIpc) is 2.82. The van der Waals surface area contributed by atoms with Gasteiger partial charge in [0, 0.05) is 29.7 Å². The normalized spacial score (nSPS) is 12.9.